The maximum Gasteiger partial charge on any atom is 0.416 e. The van der Waals surface area contributed by atoms with Crippen molar-refractivity contribution in [1.29, 1.82) is 0 Å². The minimum atomic E-state index is -4.82. The van der Waals surface area contributed by atoms with Crippen LogP contribution in [0.3, 0.4) is 0 Å². The van der Waals surface area contributed by atoms with E-state index in [0.717, 1.165) is 12.1 Å². The highest BCUT2D eigenvalue weighted by molar-refractivity contribution is 5.35. The molecule has 1 aliphatic rings. The van der Waals surface area contributed by atoms with Gasteiger partial charge in [0.25, 0.3) is 0 Å². The number of nitrogens with two attached hydrogens (primary N) is 1. The number of alkyl halides is 6. The average molecular weight is 340 g/mol. The molecule has 0 amide bonds. The van der Waals surface area contributed by atoms with Gasteiger partial charge in [0.15, 0.2) is 0 Å². The van der Waals surface area contributed by atoms with Gasteiger partial charge in [0.05, 0.1) is 11.1 Å². The molecule has 0 bridgehead atoms. The van der Waals surface area contributed by atoms with Crippen LogP contribution >= 0.6 is 0 Å². The van der Waals surface area contributed by atoms with Crippen molar-refractivity contribution >= 4 is 0 Å². The van der Waals surface area contributed by atoms with Crippen LogP contribution in [-0.2, 0) is 12.4 Å². The monoisotopic (exact) mass is 340 g/mol. The van der Waals surface area contributed by atoms with Crippen molar-refractivity contribution in [2.24, 2.45) is 5.73 Å². The van der Waals surface area contributed by atoms with Crippen molar-refractivity contribution in [2.45, 2.75) is 44.2 Å². The summed E-state index contributed by atoms with van der Waals surface area (Å²) < 4.78 is 77.4. The van der Waals surface area contributed by atoms with Crippen LogP contribution < -0.4 is 5.73 Å². The second kappa shape index (κ2) is 6.32. The molecule has 1 aromatic carbocycles. The van der Waals surface area contributed by atoms with Crippen LogP contribution in [0, 0.1) is 0 Å². The average Bonchev–Trinajstić information content (AvgIpc) is 2.45. The highest BCUT2D eigenvalue weighted by Gasteiger charge is 2.37. The van der Waals surface area contributed by atoms with Crippen molar-refractivity contribution in [2.75, 3.05) is 13.1 Å². The fourth-order valence-corrected chi connectivity index (χ4v) is 2.74. The fraction of sp³-hybridized carbons (Fsp3) is 0.600. The Morgan fingerprint density at radius 1 is 0.957 bits per heavy atom. The highest BCUT2D eigenvalue weighted by Crippen LogP contribution is 2.38. The third-order valence-corrected chi connectivity index (χ3v) is 4.21. The van der Waals surface area contributed by atoms with E-state index >= 15 is 0 Å². The van der Waals surface area contributed by atoms with E-state index in [0.29, 0.717) is 25.9 Å². The molecule has 1 heterocycles. The molecule has 1 aliphatic heterocycles. The van der Waals surface area contributed by atoms with Gasteiger partial charge in [-0.05, 0) is 43.5 Å². The third kappa shape index (κ3) is 4.38. The SMILES string of the molecule is CC(c1cc(C(F)(F)F)cc(C(F)(F)F)c1)N1CCC(N)CC1. The van der Waals surface area contributed by atoms with Crippen LogP contribution in [-0.4, -0.2) is 24.0 Å². The first kappa shape index (κ1) is 18.1. The number of rotatable bonds is 2. The van der Waals surface area contributed by atoms with E-state index in [1.165, 1.54) is 0 Å². The maximum atomic E-state index is 12.9. The number of nitrogens with zero attached hydrogens (tertiary/aromatic N) is 1. The molecule has 1 atom stereocenters. The first-order chi connectivity index (χ1) is 10.5. The largest absolute Gasteiger partial charge is 0.416 e. The molecule has 8 heteroatoms. The molecule has 2 N–H and O–H groups in total. The Kier molecular flexibility index (Phi) is 4.96. The minimum Gasteiger partial charge on any atom is -0.328 e. The van der Waals surface area contributed by atoms with E-state index in [1.54, 1.807) is 6.92 Å². The van der Waals surface area contributed by atoms with E-state index in [1.807, 2.05) is 4.90 Å². The van der Waals surface area contributed by atoms with Crippen LogP contribution in [0.4, 0.5) is 26.3 Å². The Hall–Kier alpha value is -1.28. The standard InChI is InChI=1S/C15H18F6N2/c1-9(23-4-2-13(22)3-5-23)10-6-11(14(16,17)18)8-12(7-10)15(19,20)21/h6-9,13H,2-5,22H2,1H3. The van der Waals surface area contributed by atoms with Gasteiger partial charge < -0.3 is 5.73 Å². The van der Waals surface area contributed by atoms with Crippen molar-refractivity contribution < 1.29 is 26.3 Å². The molecule has 0 radical (unpaired) electrons. The zero-order chi connectivity index (χ0) is 17.4. The molecule has 1 saturated heterocycles. The number of hydrogen-bond donors (Lipinski definition) is 1. The lowest BCUT2D eigenvalue weighted by atomic mass is 9.97. The van der Waals surface area contributed by atoms with E-state index in [9.17, 15) is 26.3 Å². The molecule has 0 saturated carbocycles. The number of piperidine rings is 1. The molecule has 130 valence electrons. The summed E-state index contributed by atoms with van der Waals surface area (Å²) in [5.41, 5.74) is 3.24. The van der Waals surface area contributed by atoms with Gasteiger partial charge in [0.2, 0.25) is 0 Å². The second-order valence-electron chi connectivity index (χ2n) is 5.89. The minimum absolute atomic E-state index is 0.0163. The molecular weight excluding hydrogens is 322 g/mol. The zero-order valence-corrected chi connectivity index (χ0v) is 12.5. The summed E-state index contributed by atoms with van der Waals surface area (Å²) >= 11 is 0. The van der Waals surface area contributed by atoms with E-state index in [4.69, 9.17) is 5.73 Å². The van der Waals surface area contributed by atoms with E-state index in [2.05, 4.69) is 0 Å². The molecule has 1 fully saturated rings. The lowest BCUT2D eigenvalue weighted by Gasteiger charge is -2.35. The summed E-state index contributed by atoms with van der Waals surface area (Å²) in [4.78, 5) is 1.86. The van der Waals surface area contributed by atoms with Crippen LogP contribution in [0.2, 0.25) is 0 Å². The third-order valence-electron chi connectivity index (χ3n) is 4.21. The number of benzene rings is 1. The Balaban J connectivity index is 2.37. The summed E-state index contributed by atoms with van der Waals surface area (Å²) in [6.45, 7) is 2.73. The Bertz CT molecular complexity index is 512. The Labute approximate surface area is 130 Å². The van der Waals surface area contributed by atoms with Gasteiger partial charge >= 0.3 is 12.4 Å². The molecular formula is C15H18F6N2. The summed E-state index contributed by atoms with van der Waals surface area (Å²) in [5, 5.41) is 0. The Morgan fingerprint density at radius 3 is 1.78 bits per heavy atom. The maximum absolute atomic E-state index is 12.9. The lowest BCUT2D eigenvalue weighted by Crippen LogP contribution is -2.40. The molecule has 0 aliphatic carbocycles. The van der Waals surface area contributed by atoms with Crippen LogP contribution in [0.25, 0.3) is 0 Å². The van der Waals surface area contributed by atoms with Gasteiger partial charge in [-0.3, -0.25) is 4.90 Å². The number of hydrogen-bond acceptors (Lipinski definition) is 2. The topological polar surface area (TPSA) is 29.3 Å². The van der Waals surface area contributed by atoms with Crippen molar-refractivity contribution in [3.05, 3.63) is 34.9 Å². The first-order valence-electron chi connectivity index (χ1n) is 7.27. The van der Waals surface area contributed by atoms with Crippen molar-refractivity contribution in [3.8, 4) is 0 Å². The van der Waals surface area contributed by atoms with Gasteiger partial charge in [-0.15, -0.1) is 0 Å². The fourth-order valence-electron chi connectivity index (χ4n) is 2.74. The normalized spacial score (nSPS) is 19.8. The highest BCUT2D eigenvalue weighted by atomic mass is 19.4. The number of halogens is 6. The summed E-state index contributed by atoms with van der Waals surface area (Å²) in [6, 6.07) is 1.25. The first-order valence-corrected chi connectivity index (χ1v) is 7.27. The molecule has 2 nitrogen and oxygen atoms in total. The smallest absolute Gasteiger partial charge is 0.328 e. The van der Waals surface area contributed by atoms with Crippen LogP contribution in [0.5, 0.6) is 0 Å². The van der Waals surface area contributed by atoms with E-state index in [-0.39, 0.29) is 17.7 Å². The predicted molar refractivity (Wildman–Crippen MR) is 73.6 cm³/mol. The van der Waals surface area contributed by atoms with Gasteiger partial charge in [0, 0.05) is 25.2 Å². The molecule has 23 heavy (non-hydrogen) atoms. The van der Waals surface area contributed by atoms with Crippen LogP contribution in [0.15, 0.2) is 18.2 Å². The van der Waals surface area contributed by atoms with Crippen LogP contribution in [0.1, 0.15) is 42.5 Å². The lowest BCUT2D eigenvalue weighted by molar-refractivity contribution is -0.143. The Morgan fingerprint density at radius 2 is 1.39 bits per heavy atom. The molecule has 1 unspecified atom stereocenters. The second-order valence-corrected chi connectivity index (χ2v) is 5.89. The van der Waals surface area contributed by atoms with Gasteiger partial charge in [-0.2, -0.15) is 26.3 Å². The summed E-state index contributed by atoms with van der Waals surface area (Å²) in [6.07, 6.45) is -8.29. The summed E-state index contributed by atoms with van der Waals surface area (Å²) in [7, 11) is 0. The number of likely N-dealkylation sites (tertiary alicyclic amines) is 1. The van der Waals surface area contributed by atoms with E-state index < -0.39 is 29.5 Å². The van der Waals surface area contributed by atoms with Crippen molar-refractivity contribution in [3.63, 3.8) is 0 Å². The van der Waals surface area contributed by atoms with Gasteiger partial charge in [0.1, 0.15) is 0 Å². The molecule has 0 spiro atoms. The molecule has 2 rings (SSSR count). The zero-order valence-electron chi connectivity index (χ0n) is 12.5. The van der Waals surface area contributed by atoms with Crippen molar-refractivity contribution in [1.82, 2.24) is 4.90 Å². The quantitative estimate of drug-likeness (QED) is 0.817. The van der Waals surface area contributed by atoms with Gasteiger partial charge in [-0.1, -0.05) is 0 Å². The molecule has 0 aromatic heterocycles. The van der Waals surface area contributed by atoms with Gasteiger partial charge in [-0.25, -0.2) is 0 Å². The predicted octanol–water partition coefficient (Wildman–Crippen LogP) is 4.21. The molecule has 1 aromatic rings. The summed E-state index contributed by atoms with van der Waals surface area (Å²) in [5.74, 6) is 0.